The normalized spacial score (nSPS) is 13.0. The van der Waals surface area contributed by atoms with E-state index >= 15 is 0 Å². The number of hydrogen-bond acceptors (Lipinski definition) is 1. The monoisotopic (exact) mass is 361 g/mol. The van der Waals surface area contributed by atoms with Gasteiger partial charge in [-0.05, 0) is 32.9 Å². The standard InChI is InChI=1S/C17H27Cl2N3O/c1-17(2,3)21-9-5-8-20-16(23)12-22(4)11-13-6-7-14(18)15(19)10-13/h6-7,10,21H,5,8-9,11-12H2,1-4H3,(H,20,23)/p+2. The van der Waals surface area contributed by atoms with Crippen LogP contribution in [0.1, 0.15) is 32.8 Å². The molecule has 0 saturated heterocycles. The Morgan fingerprint density at radius 3 is 2.57 bits per heavy atom. The third-order valence-corrected chi connectivity index (χ3v) is 4.15. The predicted octanol–water partition coefficient (Wildman–Crippen LogP) is 0.876. The van der Waals surface area contributed by atoms with Gasteiger partial charge in [0.05, 0.1) is 29.2 Å². The maximum Gasteiger partial charge on any atom is 0.275 e. The van der Waals surface area contributed by atoms with Gasteiger partial charge in [0.2, 0.25) is 0 Å². The molecule has 23 heavy (non-hydrogen) atoms. The highest BCUT2D eigenvalue weighted by Gasteiger charge is 2.13. The molecule has 0 radical (unpaired) electrons. The third kappa shape index (κ3) is 9.16. The van der Waals surface area contributed by atoms with Gasteiger partial charge in [0.15, 0.2) is 6.54 Å². The molecule has 4 N–H and O–H groups in total. The minimum Gasteiger partial charge on any atom is -0.351 e. The largest absolute Gasteiger partial charge is 0.351 e. The highest BCUT2D eigenvalue weighted by Crippen LogP contribution is 2.22. The van der Waals surface area contributed by atoms with Gasteiger partial charge in [-0.15, -0.1) is 0 Å². The number of quaternary nitrogens is 2. The van der Waals surface area contributed by atoms with Crippen molar-refractivity contribution in [1.29, 1.82) is 0 Å². The summed E-state index contributed by atoms with van der Waals surface area (Å²) in [4.78, 5) is 13.0. The summed E-state index contributed by atoms with van der Waals surface area (Å²) < 4.78 is 0. The van der Waals surface area contributed by atoms with Gasteiger partial charge in [-0.3, -0.25) is 4.79 Å². The fraction of sp³-hybridized carbons (Fsp3) is 0.588. The number of hydrogen-bond donors (Lipinski definition) is 3. The predicted molar refractivity (Wildman–Crippen MR) is 96.1 cm³/mol. The number of carbonyl (C=O) groups excluding carboxylic acids is 1. The average molecular weight is 362 g/mol. The number of carbonyl (C=O) groups is 1. The molecule has 0 aliphatic heterocycles. The molecule has 0 fully saturated rings. The summed E-state index contributed by atoms with van der Waals surface area (Å²) >= 11 is 11.9. The average Bonchev–Trinajstić information content (AvgIpc) is 2.41. The van der Waals surface area contributed by atoms with Crippen LogP contribution < -0.4 is 15.5 Å². The molecule has 0 aliphatic carbocycles. The zero-order valence-corrected chi connectivity index (χ0v) is 16.0. The number of likely N-dealkylation sites (N-methyl/N-ethyl adjacent to an activating group) is 1. The molecule has 0 aromatic heterocycles. The molecule has 1 aromatic carbocycles. The molecular formula is C17H29Cl2N3O+2. The lowest BCUT2D eigenvalue weighted by molar-refractivity contribution is -0.885. The molecule has 1 rings (SSSR count). The number of benzene rings is 1. The van der Waals surface area contributed by atoms with E-state index in [1.165, 1.54) is 0 Å². The van der Waals surface area contributed by atoms with E-state index in [9.17, 15) is 4.79 Å². The Balaban J connectivity index is 2.24. The van der Waals surface area contributed by atoms with E-state index < -0.39 is 0 Å². The minimum absolute atomic E-state index is 0.0818. The van der Waals surface area contributed by atoms with Gasteiger partial charge < -0.3 is 15.5 Å². The van der Waals surface area contributed by atoms with E-state index in [0.717, 1.165) is 36.5 Å². The van der Waals surface area contributed by atoms with E-state index in [1.54, 1.807) is 6.07 Å². The summed E-state index contributed by atoms with van der Waals surface area (Å²) in [6.07, 6.45) is 0.981. The molecule has 1 atom stereocenters. The van der Waals surface area contributed by atoms with Crippen LogP contribution >= 0.6 is 23.2 Å². The molecule has 1 unspecified atom stereocenters. The first kappa shape index (κ1) is 20.2. The summed E-state index contributed by atoms with van der Waals surface area (Å²) in [6.45, 7) is 9.50. The Kier molecular flexibility index (Phi) is 8.34. The van der Waals surface area contributed by atoms with E-state index in [2.05, 4.69) is 31.4 Å². The summed E-state index contributed by atoms with van der Waals surface area (Å²) in [5, 5.41) is 6.38. The molecule has 6 heteroatoms. The number of amides is 1. The van der Waals surface area contributed by atoms with Crippen LogP contribution in [0.25, 0.3) is 0 Å². The van der Waals surface area contributed by atoms with Crippen molar-refractivity contribution in [1.82, 2.24) is 5.32 Å². The van der Waals surface area contributed by atoms with Gasteiger partial charge >= 0.3 is 0 Å². The van der Waals surface area contributed by atoms with Crippen molar-refractivity contribution < 1.29 is 15.0 Å². The lowest BCUT2D eigenvalue weighted by atomic mass is 10.1. The molecule has 0 heterocycles. The van der Waals surface area contributed by atoms with Crippen LogP contribution in [-0.4, -0.2) is 38.1 Å². The summed E-state index contributed by atoms with van der Waals surface area (Å²) in [5.41, 5.74) is 1.32. The van der Waals surface area contributed by atoms with Gasteiger partial charge in [0, 0.05) is 18.5 Å². The van der Waals surface area contributed by atoms with Gasteiger partial charge in [0.1, 0.15) is 6.54 Å². The Morgan fingerprint density at radius 1 is 1.26 bits per heavy atom. The third-order valence-electron chi connectivity index (χ3n) is 3.41. The zero-order chi connectivity index (χ0) is 17.5. The second-order valence-electron chi connectivity index (χ2n) is 7.12. The number of halogens is 2. The first-order valence-corrected chi connectivity index (χ1v) is 8.79. The Hall–Kier alpha value is -0.810. The van der Waals surface area contributed by atoms with Crippen LogP contribution in [-0.2, 0) is 11.3 Å². The quantitative estimate of drug-likeness (QED) is 0.591. The van der Waals surface area contributed by atoms with Crippen molar-refractivity contribution in [3.63, 3.8) is 0 Å². The van der Waals surface area contributed by atoms with Gasteiger partial charge in [-0.25, -0.2) is 0 Å². The van der Waals surface area contributed by atoms with Crippen LogP contribution in [0, 0.1) is 0 Å². The van der Waals surface area contributed by atoms with Crippen molar-refractivity contribution in [2.45, 2.75) is 39.3 Å². The highest BCUT2D eigenvalue weighted by atomic mass is 35.5. The van der Waals surface area contributed by atoms with Crippen LogP contribution in [0.15, 0.2) is 18.2 Å². The fourth-order valence-corrected chi connectivity index (χ4v) is 2.58. The summed E-state index contributed by atoms with van der Waals surface area (Å²) in [6, 6.07) is 5.59. The molecule has 0 aliphatic rings. The maximum atomic E-state index is 11.9. The van der Waals surface area contributed by atoms with E-state index in [0.29, 0.717) is 16.6 Å². The van der Waals surface area contributed by atoms with Crippen LogP contribution in [0.3, 0.4) is 0 Å². The van der Waals surface area contributed by atoms with E-state index in [-0.39, 0.29) is 11.4 Å². The molecule has 0 bridgehead atoms. The Labute approximate surface area is 149 Å². The van der Waals surface area contributed by atoms with Crippen molar-refractivity contribution in [3.8, 4) is 0 Å². The second-order valence-corrected chi connectivity index (χ2v) is 7.94. The molecule has 0 saturated carbocycles. The SMILES string of the molecule is C[NH+](CC(=O)NCCC[NH2+]C(C)(C)C)Cc1ccc(Cl)c(Cl)c1. The number of nitrogens with one attached hydrogen (secondary N) is 2. The van der Waals surface area contributed by atoms with Gasteiger partial charge in [-0.2, -0.15) is 0 Å². The molecule has 1 aromatic rings. The lowest BCUT2D eigenvalue weighted by Gasteiger charge is -2.17. The first-order chi connectivity index (χ1) is 10.7. The fourth-order valence-electron chi connectivity index (χ4n) is 2.26. The van der Waals surface area contributed by atoms with Crippen LogP contribution in [0.2, 0.25) is 10.0 Å². The smallest absolute Gasteiger partial charge is 0.275 e. The number of nitrogens with two attached hydrogens (primary N) is 1. The first-order valence-electron chi connectivity index (χ1n) is 8.03. The van der Waals surface area contributed by atoms with Crippen molar-refractivity contribution in [2.75, 3.05) is 26.7 Å². The number of rotatable bonds is 8. The maximum absolute atomic E-state index is 11.9. The van der Waals surface area contributed by atoms with Crippen molar-refractivity contribution in [2.24, 2.45) is 0 Å². The molecule has 4 nitrogen and oxygen atoms in total. The minimum atomic E-state index is 0.0818. The Bertz CT molecular complexity index is 515. The van der Waals surface area contributed by atoms with Gasteiger partial charge in [-0.1, -0.05) is 29.3 Å². The van der Waals surface area contributed by atoms with Crippen LogP contribution in [0.5, 0.6) is 0 Å². The zero-order valence-electron chi connectivity index (χ0n) is 14.5. The molecule has 130 valence electrons. The lowest BCUT2D eigenvalue weighted by Crippen LogP contribution is -3.08. The van der Waals surface area contributed by atoms with E-state index in [4.69, 9.17) is 23.2 Å². The van der Waals surface area contributed by atoms with Crippen molar-refractivity contribution >= 4 is 29.1 Å². The molecular weight excluding hydrogens is 333 g/mol. The summed E-state index contributed by atoms with van der Waals surface area (Å²) in [7, 11) is 2.00. The summed E-state index contributed by atoms with van der Waals surface area (Å²) in [5.74, 6) is 0.0818. The molecule has 0 spiro atoms. The Morgan fingerprint density at radius 2 is 1.96 bits per heavy atom. The molecule has 1 amide bonds. The van der Waals surface area contributed by atoms with Crippen LogP contribution in [0.4, 0.5) is 0 Å². The van der Waals surface area contributed by atoms with E-state index in [1.807, 2.05) is 19.2 Å². The van der Waals surface area contributed by atoms with Gasteiger partial charge in [0.25, 0.3) is 5.91 Å². The highest BCUT2D eigenvalue weighted by molar-refractivity contribution is 6.42. The topological polar surface area (TPSA) is 50.1 Å². The van der Waals surface area contributed by atoms with Crippen molar-refractivity contribution in [3.05, 3.63) is 33.8 Å². The second kappa shape index (κ2) is 9.48.